The Kier molecular flexibility index (Phi) is 6.16. The van der Waals surface area contributed by atoms with Gasteiger partial charge in [0.15, 0.2) is 0 Å². The smallest absolute Gasteiger partial charge is 0.220 e. The Balaban J connectivity index is 2.11. The van der Waals surface area contributed by atoms with Crippen molar-refractivity contribution in [3.05, 3.63) is 12.7 Å². The monoisotopic (exact) mass is 224 g/mol. The summed E-state index contributed by atoms with van der Waals surface area (Å²) in [5, 5.41) is 6.33. The number of amides is 1. The molecule has 0 aliphatic carbocycles. The molecule has 0 aromatic carbocycles. The van der Waals surface area contributed by atoms with Crippen molar-refractivity contribution in [1.82, 2.24) is 10.6 Å². The molecule has 1 fully saturated rings. The van der Waals surface area contributed by atoms with Crippen molar-refractivity contribution in [3.63, 3.8) is 0 Å². The van der Waals surface area contributed by atoms with Crippen molar-refractivity contribution in [2.75, 3.05) is 13.1 Å². The minimum atomic E-state index is 0.188. The Bertz CT molecular complexity index is 222. The highest BCUT2D eigenvalue weighted by Gasteiger charge is 2.14. The quantitative estimate of drug-likeness (QED) is 0.676. The van der Waals surface area contributed by atoms with Gasteiger partial charge in [-0.15, -0.1) is 6.58 Å². The minimum absolute atomic E-state index is 0.188. The summed E-state index contributed by atoms with van der Waals surface area (Å²) in [6, 6.07) is 0.220. The predicted molar refractivity (Wildman–Crippen MR) is 67.2 cm³/mol. The molecule has 16 heavy (non-hydrogen) atoms. The van der Waals surface area contributed by atoms with Gasteiger partial charge in [-0.2, -0.15) is 0 Å². The summed E-state index contributed by atoms with van der Waals surface area (Å²) >= 11 is 0. The van der Waals surface area contributed by atoms with E-state index >= 15 is 0 Å². The van der Waals surface area contributed by atoms with Crippen molar-refractivity contribution in [2.45, 2.75) is 45.1 Å². The maximum atomic E-state index is 11.6. The zero-order valence-electron chi connectivity index (χ0n) is 10.3. The van der Waals surface area contributed by atoms with Crippen LogP contribution in [0.15, 0.2) is 12.7 Å². The topological polar surface area (TPSA) is 41.1 Å². The summed E-state index contributed by atoms with van der Waals surface area (Å²) in [6.07, 6.45) is 6.84. The second-order valence-corrected chi connectivity index (χ2v) is 4.72. The number of hydrogen-bond acceptors (Lipinski definition) is 2. The molecule has 92 valence electrons. The van der Waals surface area contributed by atoms with Crippen LogP contribution >= 0.6 is 0 Å². The highest BCUT2D eigenvalue weighted by molar-refractivity contribution is 5.76. The van der Waals surface area contributed by atoms with Crippen LogP contribution in [0, 0.1) is 5.92 Å². The molecule has 1 aliphatic heterocycles. The number of hydrogen-bond donors (Lipinski definition) is 2. The summed E-state index contributed by atoms with van der Waals surface area (Å²) in [7, 11) is 0. The Morgan fingerprint density at radius 2 is 2.25 bits per heavy atom. The van der Waals surface area contributed by atoms with Crippen LogP contribution < -0.4 is 10.6 Å². The average Bonchev–Trinajstić information content (AvgIpc) is 2.28. The molecule has 0 bridgehead atoms. The molecule has 1 heterocycles. The molecule has 0 radical (unpaired) electrons. The minimum Gasteiger partial charge on any atom is -0.353 e. The van der Waals surface area contributed by atoms with Crippen molar-refractivity contribution >= 4 is 5.91 Å². The lowest BCUT2D eigenvalue weighted by atomic mass is 9.93. The zero-order valence-corrected chi connectivity index (χ0v) is 10.3. The first-order valence-electron chi connectivity index (χ1n) is 6.33. The van der Waals surface area contributed by atoms with Gasteiger partial charge in [0.2, 0.25) is 5.91 Å². The van der Waals surface area contributed by atoms with Gasteiger partial charge in [0, 0.05) is 12.5 Å². The van der Waals surface area contributed by atoms with Gasteiger partial charge >= 0.3 is 0 Å². The third-order valence-corrected chi connectivity index (χ3v) is 3.17. The van der Waals surface area contributed by atoms with Crippen LogP contribution in [0.2, 0.25) is 0 Å². The maximum Gasteiger partial charge on any atom is 0.220 e. The van der Waals surface area contributed by atoms with Gasteiger partial charge in [0.25, 0.3) is 0 Å². The summed E-state index contributed by atoms with van der Waals surface area (Å²) in [5.41, 5.74) is 0. The van der Waals surface area contributed by atoms with E-state index in [-0.39, 0.29) is 11.9 Å². The van der Waals surface area contributed by atoms with Crippen molar-refractivity contribution in [1.29, 1.82) is 0 Å². The Labute approximate surface area is 98.7 Å². The first kappa shape index (κ1) is 13.2. The first-order valence-corrected chi connectivity index (χ1v) is 6.33. The molecule has 1 aliphatic rings. The van der Waals surface area contributed by atoms with Crippen LogP contribution in [0.3, 0.4) is 0 Å². The Hall–Kier alpha value is -0.830. The van der Waals surface area contributed by atoms with Gasteiger partial charge in [0.1, 0.15) is 0 Å². The second-order valence-electron chi connectivity index (χ2n) is 4.72. The molecule has 1 amide bonds. The van der Waals surface area contributed by atoms with Gasteiger partial charge in [-0.25, -0.2) is 0 Å². The maximum absolute atomic E-state index is 11.6. The molecular formula is C13H24N2O. The lowest BCUT2D eigenvalue weighted by molar-refractivity contribution is -0.122. The molecule has 0 aromatic heterocycles. The number of carbonyl (C=O) groups is 1. The summed E-state index contributed by atoms with van der Waals surface area (Å²) in [6.45, 7) is 7.91. The molecule has 2 N–H and O–H groups in total. The van der Waals surface area contributed by atoms with Crippen LogP contribution in [0.25, 0.3) is 0 Å². The van der Waals surface area contributed by atoms with E-state index in [9.17, 15) is 4.79 Å². The van der Waals surface area contributed by atoms with Gasteiger partial charge in [-0.3, -0.25) is 4.79 Å². The van der Waals surface area contributed by atoms with E-state index in [4.69, 9.17) is 0 Å². The van der Waals surface area contributed by atoms with Crippen LogP contribution in [-0.4, -0.2) is 25.0 Å². The zero-order chi connectivity index (χ0) is 11.8. The van der Waals surface area contributed by atoms with Gasteiger partial charge in [0.05, 0.1) is 0 Å². The van der Waals surface area contributed by atoms with Gasteiger partial charge < -0.3 is 10.6 Å². The van der Waals surface area contributed by atoms with Gasteiger partial charge in [-0.05, 0) is 51.6 Å². The standard InChI is InChI=1S/C13H24N2O/c1-3-4-11(2)15-13(16)6-5-12-7-9-14-10-8-12/h3,11-12,14H,1,4-10H2,2H3,(H,15,16). The molecule has 1 saturated heterocycles. The molecule has 1 rings (SSSR count). The molecule has 0 aromatic rings. The summed E-state index contributed by atoms with van der Waals surface area (Å²) < 4.78 is 0. The van der Waals surface area contributed by atoms with E-state index < -0.39 is 0 Å². The lowest BCUT2D eigenvalue weighted by Crippen LogP contribution is -2.33. The third-order valence-electron chi connectivity index (χ3n) is 3.17. The number of carbonyl (C=O) groups excluding carboxylic acids is 1. The molecule has 0 saturated carbocycles. The van der Waals surface area contributed by atoms with Gasteiger partial charge in [-0.1, -0.05) is 6.08 Å². The second kappa shape index (κ2) is 7.44. The van der Waals surface area contributed by atoms with E-state index in [0.29, 0.717) is 6.42 Å². The van der Waals surface area contributed by atoms with Crippen LogP contribution in [0.5, 0.6) is 0 Å². The van der Waals surface area contributed by atoms with E-state index in [1.54, 1.807) is 0 Å². The predicted octanol–water partition coefficient (Wildman–Crippen LogP) is 1.85. The van der Waals surface area contributed by atoms with Crippen LogP contribution in [0.4, 0.5) is 0 Å². The molecule has 3 heteroatoms. The van der Waals surface area contributed by atoms with Crippen molar-refractivity contribution in [3.8, 4) is 0 Å². The summed E-state index contributed by atoms with van der Waals surface area (Å²) in [4.78, 5) is 11.6. The van der Waals surface area contributed by atoms with Crippen LogP contribution in [-0.2, 0) is 4.79 Å². The largest absolute Gasteiger partial charge is 0.353 e. The normalized spacial score (nSPS) is 19.1. The SMILES string of the molecule is C=CCC(C)NC(=O)CCC1CCNCC1. The number of rotatable bonds is 6. The Morgan fingerprint density at radius 3 is 2.88 bits per heavy atom. The number of piperidine rings is 1. The van der Waals surface area contributed by atoms with Crippen molar-refractivity contribution in [2.24, 2.45) is 5.92 Å². The fourth-order valence-corrected chi connectivity index (χ4v) is 2.16. The third kappa shape index (κ3) is 5.31. The lowest BCUT2D eigenvalue weighted by Gasteiger charge is -2.22. The first-order chi connectivity index (χ1) is 7.72. The highest BCUT2D eigenvalue weighted by atomic mass is 16.1. The Morgan fingerprint density at radius 1 is 1.56 bits per heavy atom. The van der Waals surface area contributed by atoms with E-state index in [1.807, 2.05) is 13.0 Å². The molecule has 3 nitrogen and oxygen atoms in total. The molecule has 0 spiro atoms. The van der Waals surface area contributed by atoms with Crippen LogP contribution in [0.1, 0.15) is 39.0 Å². The van der Waals surface area contributed by atoms with E-state index in [2.05, 4.69) is 17.2 Å². The average molecular weight is 224 g/mol. The molecule has 1 unspecified atom stereocenters. The van der Waals surface area contributed by atoms with E-state index in [1.165, 1.54) is 12.8 Å². The fraction of sp³-hybridized carbons (Fsp3) is 0.769. The van der Waals surface area contributed by atoms with E-state index in [0.717, 1.165) is 31.8 Å². The molecule has 1 atom stereocenters. The summed E-state index contributed by atoms with van der Waals surface area (Å²) in [5.74, 6) is 0.926. The highest BCUT2D eigenvalue weighted by Crippen LogP contribution is 2.17. The molecular weight excluding hydrogens is 200 g/mol. The number of nitrogens with one attached hydrogen (secondary N) is 2. The fourth-order valence-electron chi connectivity index (χ4n) is 2.16. The van der Waals surface area contributed by atoms with Crippen molar-refractivity contribution < 1.29 is 4.79 Å².